The number of nitrogens with zero attached hydrogens (tertiary/aromatic N) is 2. The lowest BCUT2D eigenvalue weighted by Gasteiger charge is -2.44. The minimum atomic E-state index is -0.122. The molecule has 0 aromatic heterocycles. The average molecular weight is 356 g/mol. The fraction of sp³-hybridized carbons (Fsp3) is 0.571. The summed E-state index contributed by atoms with van der Waals surface area (Å²) in [6.07, 6.45) is 1.37. The predicted molar refractivity (Wildman–Crippen MR) is 102 cm³/mol. The van der Waals surface area contributed by atoms with Crippen molar-refractivity contribution in [1.29, 1.82) is 0 Å². The van der Waals surface area contributed by atoms with Gasteiger partial charge in [0.25, 0.3) is 0 Å². The minimum absolute atomic E-state index is 0.0166. The molecule has 2 fully saturated rings. The zero-order valence-electron chi connectivity index (χ0n) is 16.0. The van der Waals surface area contributed by atoms with Gasteiger partial charge in [0.1, 0.15) is 5.78 Å². The summed E-state index contributed by atoms with van der Waals surface area (Å²) < 4.78 is 0. The third kappa shape index (κ3) is 4.04. The van der Waals surface area contributed by atoms with E-state index in [4.69, 9.17) is 0 Å². The number of carbonyl (C=O) groups excluding carboxylic acids is 3. The van der Waals surface area contributed by atoms with Crippen LogP contribution in [0.2, 0.25) is 0 Å². The molecule has 1 aromatic carbocycles. The number of Topliss-reactive ketones (excluding diaryl/α,β-unsaturated/α-hetero) is 3. The van der Waals surface area contributed by atoms with Crippen LogP contribution in [0.5, 0.6) is 0 Å². The summed E-state index contributed by atoms with van der Waals surface area (Å²) >= 11 is 0. The molecule has 0 bridgehead atoms. The fourth-order valence-corrected chi connectivity index (χ4v) is 3.79. The molecule has 5 heteroatoms. The highest BCUT2D eigenvalue weighted by Gasteiger charge is 2.30. The first kappa shape index (κ1) is 18.8. The first-order chi connectivity index (χ1) is 12.3. The van der Waals surface area contributed by atoms with Gasteiger partial charge in [-0.05, 0) is 25.1 Å². The van der Waals surface area contributed by atoms with Gasteiger partial charge in [0.05, 0.1) is 0 Å². The van der Waals surface area contributed by atoms with Crippen LogP contribution in [0.15, 0.2) is 18.2 Å². The van der Waals surface area contributed by atoms with E-state index in [1.165, 1.54) is 6.92 Å². The van der Waals surface area contributed by atoms with Crippen LogP contribution >= 0.6 is 0 Å². The third-order valence-electron chi connectivity index (χ3n) is 5.42. The molecule has 0 amide bonds. The second-order valence-corrected chi connectivity index (χ2v) is 7.92. The van der Waals surface area contributed by atoms with E-state index in [0.29, 0.717) is 35.7 Å². The van der Waals surface area contributed by atoms with Gasteiger partial charge in [-0.3, -0.25) is 14.4 Å². The number of ketones is 3. The molecule has 0 atom stereocenters. The zero-order valence-corrected chi connectivity index (χ0v) is 16.0. The molecule has 0 spiro atoms. The van der Waals surface area contributed by atoms with Gasteiger partial charge < -0.3 is 9.80 Å². The number of carbonyl (C=O) groups is 3. The SMILES string of the molecule is CC(=O)c1cc(N2CC(CN3CCC(=O)CC3)C2)ccc1C(=O)C(C)C. The van der Waals surface area contributed by atoms with E-state index < -0.39 is 0 Å². The quantitative estimate of drug-likeness (QED) is 0.734. The normalized spacial score (nSPS) is 18.9. The second kappa shape index (κ2) is 7.70. The van der Waals surface area contributed by atoms with Crippen LogP contribution in [0.4, 0.5) is 5.69 Å². The van der Waals surface area contributed by atoms with E-state index in [0.717, 1.165) is 38.4 Å². The van der Waals surface area contributed by atoms with Crippen molar-refractivity contribution in [1.82, 2.24) is 4.90 Å². The molecule has 5 nitrogen and oxygen atoms in total. The standard InChI is InChI=1S/C21H28N2O3/c1-14(2)21(26)19-5-4-17(10-20(19)15(3)24)23-12-16(13-23)11-22-8-6-18(25)7-9-22/h4-5,10,14,16H,6-9,11-13H2,1-3H3. The van der Waals surface area contributed by atoms with Gasteiger partial charge >= 0.3 is 0 Å². The van der Waals surface area contributed by atoms with E-state index >= 15 is 0 Å². The van der Waals surface area contributed by atoms with E-state index in [9.17, 15) is 14.4 Å². The summed E-state index contributed by atoms with van der Waals surface area (Å²) in [6.45, 7) is 9.95. The highest BCUT2D eigenvalue weighted by molar-refractivity contribution is 6.09. The highest BCUT2D eigenvalue weighted by atomic mass is 16.1. The Bertz CT molecular complexity index is 710. The van der Waals surface area contributed by atoms with Crippen molar-refractivity contribution in [3.05, 3.63) is 29.3 Å². The van der Waals surface area contributed by atoms with Crippen LogP contribution < -0.4 is 4.90 Å². The molecule has 3 rings (SSSR count). The molecular formula is C21H28N2O3. The van der Waals surface area contributed by atoms with Crippen LogP contribution in [0.1, 0.15) is 54.3 Å². The summed E-state index contributed by atoms with van der Waals surface area (Å²) in [5, 5.41) is 0. The lowest BCUT2D eigenvalue weighted by Crippen LogP contribution is -2.52. The molecule has 0 unspecified atom stereocenters. The number of benzene rings is 1. The number of piperidine rings is 1. The first-order valence-electron chi connectivity index (χ1n) is 9.53. The maximum atomic E-state index is 12.3. The van der Waals surface area contributed by atoms with Crippen molar-refractivity contribution >= 4 is 23.0 Å². The number of likely N-dealkylation sites (tertiary alicyclic amines) is 1. The fourth-order valence-electron chi connectivity index (χ4n) is 3.79. The third-order valence-corrected chi connectivity index (χ3v) is 5.42. The van der Waals surface area contributed by atoms with Crippen LogP contribution in [0, 0.1) is 11.8 Å². The van der Waals surface area contributed by atoms with E-state index in [2.05, 4.69) is 9.80 Å². The summed E-state index contributed by atoms with van der Waals surface area (Å²) in [4.78, 5) is 40.3. The molecule has 2 saturated heterocycles. The molecule has 0 saturated carbocycles. The molecule has 2 heterocycles. The van der Waals surface area contributed by atoms with E-state index in [1.807, 2.05) is 26.0 Å². The van der Waals surface area contributed by atoms with Crippen LogP contribution in [-0.4, -0.2) is 55.0 Å². The average Bonchev–Trinajstić information content (AvgIpc) is 2.58. The molecule has 2 aliphatic heterocycles. The van der Waals surface area contributed by atoms with Crippen molar-refractivity contribution in [3.63, 3.8) is 0 Å². The van der Waals surface area contributed by atoms with Gasteiger partial charge in [-0.1, -0.05) is 13.8 Å². The summed E-state index contributed by atoms with van der Waals surface area (Å²) in [5.74, 6) is 0.808. The van der Waals surface area contributed by atoms with Crippen LogP contribution in [0.25, 0.3) is 0 Å². The van der Waals surface area contributed by atoms with Gasteiger partial charge in [-0.25, -0.2) is 0 Å². The monoisotopic (exact) mass is 356 g/mol. The first-order valence-corrected chi connectivity index (χ1v) is 9.53. The van der Waals surface area contributed by atoms with Gasteiger partial charge in [0.2, 0.25) is 0 Å². The molecule has 26 heavy (non-hydrogen) atoms. The van der Waals surface area contributed by atoms with E-state index in [1.54, 1.807) is 6.07 Å². The molecule has 0 radical (unpaired) electrons. The van der Waals surface area contributed by atoms with E-state index in [-0.39, 0.29) is 17.5 Å². The Hall–Kier alpha value is -2.01. The molecule has 0 aliphatic carbocycles. The number of rotatable bonds is 6. The predicted octanol–water partition coefficient (Wildman–Crippen LogP) is 2.83. The molecule has 0 N–H and O–H groups in total. The molecule has 1 aromatic rings. The van der Waals surface area contributed by atoms with Crippen molar-refractivity contribution in [2.75, 3.05) is 37.6 Å². The van der Waals surface area contributed by atoms with Crippen LogP contribution in [-0.2, 0) is 4.79 Å². The lowest BCUT2D eigenvalue weighted by molar-refractivity contribution is -0.121. The Morgan fingerprint density at radius 3 is 2.35 bits per heavy atom. The Morgan fingerprint density at radius 1 is 1.12 bits per heavy atom. The van der Waals surface area contributed by atoms with Gasteiger partial charge in [-0.2, -0.15) is 0 Å². The minimum Gasteiger partial charge on any atom is -0.371 e. The smallest absolute Gasteiger partial charge is 0.166 e. The maximum absolute atomic E-state index is 12.3. The Balaban J connectivity index is 1.62. The molecule has 2 aliphatic rings. The number of anilines is 1. The van der Waals surface area contributed by atoms with Crippen LogP contribution in [0.3, 0.4) is 0 Å². The van der Waals surface area contributed by atoms with Crippen molar-refractivity contribution in [3.8, 4) is 0 Å². The van der Waals surface area contributed by atoms with Crippen molar-refractivity contribution in [2.45, 2.75) is 33.6 Å². The summed E-state index contributed by atoms with van der Waals surface area (Å²) in [7, 11) is 0. The van der Waals surface area contributed by atoms with Gasteiger partial charge in [-0.15, -0.1) is 0 Å². The number of hydrogen-bond acceptors (Lipinski definition) is 5. The lowest BCUT2D eigenvalue weighted by atomic mass is 9.92. The summed E-state index contributed by atoms with van der Waals surface area (Å²) in [6, 6.07) is 5.63. The Labute approximate surface area is 155 Å². The summed E-state index contributed by atoms with van der Waals surface area (Å²) in [5.41, 5.74) is 2.08. The molecule has 140 valence electrons. The zero-order chi connectivity index (χ0) is 18.8. The van der Waals surface area contributed by atoms with Gasteiger partial charge in [0.15, 0.2) is 11.6 Å². The Kier molecular flexibility index (Phi) is 5.56. The van der Waals surface area contributed by atoms with Gasteiger partial charge in [0, 0.05) is 74.2 Å². The maximum Gasteiger partial charge on any atom is 0.166 e. The number of hydrogen-bond donors (Lipinski definition) is 0. The second-order valence-electron chi connectivity index (χ2n) is 7.92. The highest BCUT2D eigenvalue weighted by Crippen LogP contribution is 2.29. The van der Waals surface area contributed by atoms with Crippen molar-refractivity contribution < 1.29 is 14.4 Å². The topological polar surface area (TPSA) is 57.7 Å². The van der Waals surface area contributed by atoms with Crippen molar-refractivity contribution in [2.24, 2.45) is 11.8 Å². The largest absolute Gasteiger partial charge is 0.371 e. The molecular weight excluding hydrogens is 328 g/mol. The Morgan fingerprint density at radius 2 is 1.77 bits per heavy atom.